The number of para-hydroxylation sites is 1. The van der Waals surface area contributed by atoms with Crippen molar-refractivity contribution in [2.75, 3.05) is 0 Å². The van der Waals surface area contributed by atoms with Crippen molar-refractivity contribution < 1.29 is 14.6 Å². The van der Waals surface area contributed by atoms with E-state index in [4.69, 9.17) is 21.4 Å². The molecule has 0 saturated heterocycles. The Kier molecular flexibility index (Phi) is 4.19. The van der Waals surface area contributed by atoms with Crippen LogP contribution < -0.4 is 4.74 Å². The highest BCUT2D eigenvalue weighted by atomic mass is 35.5. The third kappa shape index (κ3) is 2.67. The average Bonchev–Trinajstić information content (AvgIpc) is 2.28. The van der Waals surface area contributed by atoms with Crippen LogP contribution in [0.5, 0.6) is 5.75 Å². The predicted octanol–water partition coefficient (Wildman–Crippen LogP) is 3.13. The molecule has 88 valence electrons. The summed E-state index contributed by atoms with van der Waals surface area (Å²) < 4.78 is 5.42. The fourth-order valence-electron chi connectivity index (χ4n) is 1.16. The van der Waals surface area contributed by atoms with Crippen LogP contribution in [0.4, 0.5) is 0 Å². The van der Waals surface area contributed by atoms with Gasteiger partial charge in [-0.1, -0.05) is 36.7 Å². The molecule has 3 nitrogen and oxygen atoms in total. The molecule has 0 aliphatic rings. The summed E-state index contributed by atoms with van der Waals surface area (Å²) in [6.07, 6.45) is 0.406. The summed E-state index contributed by atoms with van der Waals surface area (Å²) in [6, 6.07) is 8.96. The lowest BCUT2D eigenvalue weighted by atomic mass is 9.88. The standard InChI is InChI=1S/C12H15ClO3/c1-3-12(2,11(14)15)10(13)16-9-7-5-4-6-8-9/h4-8,10H,3H2,1-2H3,(H,14,15). The second-order valence-corrected chi connectivity index (χ2v) is 4.22. The van der Waals surface area contributed by atoms with E-state index < -0.39 is 16.9 Å². The van der Waals surface area contributed by atoms with Crippen molar-refractivity contribution in [2.24, 2.45) is 5.41 Å². The molecule has 0 spiro atoms. The summed E-state index contributed by atoms with van der Waals surface area (Å²) in [5.41, 5.74) is -1.98. The Hall–Kier alpha value is -1.22. The molecular formula is C12H15ClO3. The summed E-state index contributed by atoms with van der Waals surface area (Å²) in [5.74, 6) is -0.380. The van der Waals surface area contributed by atoms with Crippen LogP contribution >= 0.6 is 11.6 Å². The first-order valence-corrected chi connectivity index (χ1v) is 5.53. The third-order valence-corrected chi connectivity index (χ3v) is 3.28. The van der Waals surface area contributed by atoms with Crippen LogP contribution in [0.1, 0.15) is 20.3 Å². The Morgan fingerprint density at radius 1 is 1.50 bits per heavy atom. The number of hydrogen-bond acceptors (Lipinski definition) is 2. The largest absolute Gasteiger partial charge is 0.481 e. The van der Waals surface area contributed by atoms with E-state index in [1.165, 1.54) is 0 Å². The van der Waals surface area contributed by atoms with E-state index in [0.717, 1.165) is 0 Å². The van der Waals surface area contributed by atoms with E-state index in [2.05, 4.69) is 0 Å². The van der Waals surface area contributed by atoms with Gasteiger partial charge in [-0.05, 0) is 25.5 Å². The molecule has 16 heavy (non-hydrogen) atoms. The molecule has 0 aliphatic carbocycles. The summed E-state index contributed by atoms with van der Waals surface area (Å²) in [4.78, 5) is 11.1. The molecule has 2 unspecified atom stereocenters. The van der Waals surface area contributed by atoms with E-state index in [1.54, 1.807) is 26.0 Å². The first-order chi connectivity index (χ1) is 7.50. The number of aliphatic carboxylic acids is 1. The summed E-state index contributed by atoms with van der Waals surface area (Å²) >= 11 is 6.01. The topological polar surface area (TPSA) is 46.5 Å². The van der Waals surface area contributed by atoms with Crippen LogP contribution in [0.15, 0.2) is 30.3 Å². The van der Waals surface area contributed by atoms with E-state index in [9.17, 15) is 4.79 Å². The van der Waals surface area contributed by atoms with E-state index in [-0.39, 0.29) is 0 Å². The molecule has 1 aromatic carbocycles. The maximum absolute atomic E-state index is 11.1. The van der Waals surface area contributed by atoms with Gasteiger partial charge in [-0.2, -0.15) is 0 Å². The quantitative estimate of drug-likeness (QED) is 0.807. The molecule has 1 N–H and O–H groups in total. The van der Waals surface area contributed by atoms with E-state index >= 15 is 0 Å². The third-order valence-electron chi connectivity index (χ3n) is 2.71. The SMILES string of the molecule is CCC(C)(C(=O)O)C(Cl)Oc1ccccc1. The van der Waals surface area contributed by atoms with Gasteiger partial charge in [-0.15, -0.1) is 0 Å². The van der Waals surface area contributed by atoms with Gasteiger partial charge < -0.3 is 9.84 Å². The number of carboxylic acid groups (broad SMARTS) is 1. The summed E-state index contributed by atoms with van der Waals surface area (Å²) in [7, 11) is 0. The highest BCUT2D eigenvalue weighted by Crippen LogP contribution is 2.32. The van der Waals surface area contributed by atoms with Gasteiger partial charge in [-0.25, -0.2) is 0 Å². The van der Waals surface area contributed by atoms with Gasteiger partial charge in [0, 0.05) is 0 Å². The van der Waals surface area contributed by atoms with Crippen molar-refractivity contribution in [3.8, 4) is 5.75 Å². The first kappa shape index (κ1) is 12.8. The van der Waals surface area contributed by atoms with Crippen molar-refractivity contribution in [1.82, 2.24) is 0 Å². The molecule has 4 heteroatoms. The van der Waals surface area contributed by atoms with Gasteiger partial charge in [0.05, 0.1) is 0 Å². The number of rotatable bonds is 5. The highest BCUT2D eigenvalue weighted by molar-refractivity contribution is 6.21. The molecule has 0 radical (unpaired) electrons. The van der Waals surface area contributed by atoms with Crippen molar-refractivity contribution in [2.45, 2.75) is 25.8 Å². The van der Waals surface area contributed by atoms with Crippen LogP contribution in [-0.2, 0) is 4.79 Å². The van der Waals surface area contributed by atoms with Crippen LogP contribution in [0.25, 0.3) is 0 Å². The van der Waals surface area contributed by atoms with Crippen LogP contribution in [0, 0.1) is 5.41 Å². The number of hydrogen-bond donors (Lipinski definition) is 1. The molecule has 0 aromatic heterocycles. The molecule has 0 saturated carbocycles. The van der Waals surface area contributed by atoms with Crippen molar-refractivity contribution in [3.05, 3.63) is 30.3 Å². The van der Waals surface area contributed by atoms with Gasteiger partial charge in [0.15, 0.2) is 5.56 Å². The van der Waals surface area contributed by atoms with Crippen LogP contribution in [0.3, 0.4) is 0 Å². The van der Waals surface area contributed by atoms with Crippen molar-refractivity contribution >= 4 is 17.6 Å². The summed E-state index contributed by atoms with van der Waals surface area (Å²) in [6.45, 7) is 3.35. The van der Waals surface area contributed by atoms with E-state index in [1.807, 2.05) is 18.2 Å². The molecule has 0 bridgehead atoms. The molecule has 0 aliphatic heterocycles. The lowest BCUT2D eigenvalue weighted by Crippen LogP contribution is -2.39. The fourth-order valence-corrected chi connectivity index (χ4v) is 1.51. The minimum atomic E-state index is -1.09. The maximum Gasteiger partial charge on any atom is 0.314 e. The fraction of sp³-hybridized carbons (Fsp3) is 0.417. The second kappa shape index (κ2) is 5.21. The molecular weight excluding hydrogens is 228 g/mol. The number of carboxylic acids is 1. The zero-order valence-electron chi connectivity index (χ0n) is 9.31. The van der Waals surface area contributed by atoms with Gasteiger partial charge in [-0.3, -0.25) is 4.79 Å². The number of benzene rings is 1. The molecule has 0 fully saturated rings. The zero-order valence-corrected chi connectivity index (χ0v) is 10.1. The zero-order chi connectivity index (χ0) is 12.2. The summed E-state index contributed by atoms with van der Waals surface area (Å²) in [5, 5.41) is 9.12. The van der Waals surface area contributed by atoms with Crippen LogP contribution in [-0.4, -0.2) is 16.6 Å². The van der Waals surface area contributed by atoms with Gasteiger partial charge >= 0.3 is 5.97 Å². The average molecular weight is 243 g/mol. The predicted molar refractivity (Wildman–Crippen MR) is 62.7 cm³/mol. The van der Waals surface area contributed by atoms with Gasteiger partial charge in [0.2, 0.25) is 0 Å². The monoisotopic (exact) mass is 242 g/mol. The van der Waals surface area contributed by atoms with E-state index in [0.29, 0.717) is 12.2 Å². The lowest BCUT2D eigenvalue weighted by Gasteiger charge is -2.28. The molecule has 0 heterocycles. The van der Waals surface area contributed by atoms with Crippen molar-refractivity contribution in [3.63, 3.8) is 0 Å². The Bertz CT molecular complexity index is 353. The minimum Gasteiger partial charge on any atom is -0.481 e. The number of ether oxygens (including phenoxy) is 1. The van der Waals surface area contributed by atoms with Gasteiger partial charge in [0.25, 0.3) is 0 Å². The number of alkyl halides is 1. The lowest BCUT2D eigenvalue weighted by molar-refractivity contribution is -0.151. The Morgan fingerprint density at radius 2 is 2.06 bits per heavy atom. The number of carbonyl (C=O) groups is 1. The highest BCUT2D eigenvalue weighted by Gasteiger charge is 2.40. The van der Waals surface area contributed by atoms with Crippen molar-refractivity contribution in [1.29, 1.82) is 0 Å². The number of halogens is 1. The Morgan fingerprint density at radius 3 is 2.50 bits per heavy atom. The minimum absolute atomic E-state index is 0.406. The van der Waals surface area contributed by atoms with Gasteiger partial charge in [0.1, 0.15) is 11.2 Å². The van der Waals surface area contributed by atoms with Crippen LogP contribution in [0.2, 0.25) is 0 Å². The normalized spacial score (nSPS) is 16.2. The second-order valence-electron chi connectivity index (χ2n) is 3.82. The molecule has 1 rings (SSSR count). The Balaban J connectivity index is 2.78. The first-order valence-electron chi connectivity index (χ1n) is 5.10. The smallest absolute Gasteiger partial charge is 0.314 e. The molecule has 0 amide bonds. The molecule has 2 atom stereocenters. The molecule has 1 aromatic rings. The Labute approximate surface area is 100.0 Å². The maximum atomic E-state index is 11.1.